The Morgan fingerprint density at radius 2 is 1.62 bits per heavy atom. The van der Waals surface area contributed by atoms with Crippen LogP contribution in [0.4, 0.5) is 4.79 Å². The third-order valence-corrected chi connectivity index (χ3v) is 5.85. The van der Waals surface area contributed by atoms with E-state index in [0.717, 1.165) is 16.7 Å². The Bertz CT molecular complexity index is 1120. The molecule has 0 radical (unpaired) electrons. The minimum Gasteiger partial charge on any atom is -0.444 e. The van der Waals surface area contributed by atoms with Gasteiger partial charge in [-0.2, -0.15) is 0 Å². The third-order valence-electron chi connectivity index (χ3n) is 5.85. The summed E-state index contributed by atoms with van der Waals surface area (Å²) in [4.78, 5) is 53.5. The van der Waals surface area contributed by atoms with Gasteiger partial charge in [0.1, 0.15) is 17.7 Å². The van der Waals surface area contributed by atoms with Crippen molar-refractivity contribution in [2.24, 2.45) is 5.73 Å². The van der Waals surface area contributed by atoms with Crippen molar-refractivity contribution in [3.63, 3.8) is 0 Å². The molecule has 0 aliphatic carbocycles. The summed E-state index contributed by atoms with van der Waals surface area (Å²) in [5.41, 5.74) is 8.06. The largest absolute Gasteiger partial charge is 0.444 e. The normalized spacial score (nSPS) is 12.7. The van der Waals surface area contributed by atoms with Crippen LogP contribution < -0.4 is 16.4 Å². The molecule has 0 spiro atoms. The molecular formula is C30H42N4O5. The Hall–Kier alpha value is -3.88. The van der Waals surface area contributed by atoms with Gasteiger partial charge in [0.25, 0.3) is 0 Å². The second kappa shape index (κ2) is 14.3. The molecule has 2 aromatic rings. The Kier molecular flexibility index (Phi) is 11.5. The zero-order valence-corrected chi connectivity index (χ0v) is 23.9. The summed E-state index contributed by atoms with van der Waals surface area (Å²) in [6, 6.07) is 13.2. The quantitative estimate of drug-likeness (QED) is 0.375. The van der Waals surface area contributed by atoms with Crippen LogP contribution in [0.2, 0.25) is 0 Å². The summed E-state index contributed by atoms with van der Waals surface area (Å²) in [5, 5.41) is 5.57. The maximum Gasteiger partial charge on any atom is 0.408 e. The Balaban J connectivity index is 2.48. The van der Waals surface area contributed by atoms with E-state index in [1.54, 1.807) is 20.8 Å². The first-order valence-electron chi connectivity index (χ1n) is 13.3. The van der Waals surface area contributed by atoms with Crippen molar-refractivity contribution in [2.45, 2.75) is 85.0 Å². The molecule has 2 aromatic carbocycles. The van der Waals surface area contributed by atoms with Crippen LogP contribution in [0.15, 0.2) is 48.5 Å². The maximum atomic E-state index is 14.0. The van der Waals surface area contributed by atoms with Gasteiger partial charge in [0.15, 0.2) is 0 Å². The SMILES string of the molecule is CCCN(C(=O)C(CCC(N)=O)NC(=O)OC(C)(C)C)C(C(=O)NCc1ccccc1)c1cc(C)cc(C)c1. The fourth-order valence-corrected chi connectivity index (χ4v) is 4.32. The molecule has 0 aliphatic heterocycles. The van der Waals surface area contributed by atoms with Gasteiger partial charge >= 0.3 is 6.09 Å². The molecule has 0 aliphatic rings. The van der Waals surface area contributed by atoms with E-state index in [0.29, 0.717) is 12.0 Å². The lowest BCUT2D eigenvalue weighted by atomic mass is 9.97. The Morgan fingerprint density at radius 3 is 2.15 bits per heavy atom. The molecule has 4 amide bonds. The number of aryl methyl sites for hydroxylation is 2. The van der Waals surface area contributed by atoms with Gasteiger partial charge in [-0.15, -0.1) is 0 Å². The molecule has 0 aromatic heterocycles. The topological polar surface area (TPSA) is 131 Å². The van der Waals surface area contributed by atoms with Gasteiger partial charge in [-0.25, -0.2) is 4.79 Å². The predicted octanol–water partition coefficient (Wildman–Crippen LogP) is 4.06. The van der Waals surface area contributed by atoms with Crippen molar-refractivity contribution in [1.29, 1.82) is 0 Å². The van der Waals surface area contributed by atoms with Crippen LogP contribution in [-0.4, -0.2) is 46.9 Å². The lowest BCUT2D eigenvalue weighted by Crippen LogP contribution is -2.53. The average molecular weight is 539 g/mol. The first-order chi connectivity index (χ1) is 18.3. The van der Waals surface area contributed by atoms with Gasteiger partial charge in [-0.3, -0.25) is 14.4 Å². The molecule has 9 heteroatoms. The second-order valence-corrected chi connectivity index (χ2v) is 10.8. The number of benzene rings is 2. The molecule has 4 N–H and O–H groups in total. The fraction of sp³-hybridized carbons (Fsp3) is 0.467. The Morgan fingerprint density at radius 1 is 1.00 bits per heavy atom. The van der Waals surface area contributed by atoms with E-state index in [-0.39, 0.29) is 31.8 Å². The molecule has 0 heterocycles. The van der Waals surface area contributed by atoms with E-state index in [9.17, 15) is 19.2 Å². The van der Waals surface area contributed by atoms with Crippen molar-refractivity contribution in [2.75, 3.05) is 6.54 Å². The highest BCUT2D eigenvalue weighted by atomic mass is 16.6. The molecule has 0 saturated carbocycles. The number of hydrogen-bond donors (Lipinski definition) is 3. The van der Waals surface area contributed by atoms with Gasteiger partial charge in [0.05, 0.1) is 0 Å². The highest BCUT2D eigenvalue weighted by Crippen LogP contribution is 2.26. The zero-order valence-electron chi connectivity index (χ0n) is 23.9. The molecule has 0 saturated heterocycles. The number of carbonyl (C=O) groups excluding carboxylic acids is 4. The lowest BCUT2D eigenvalue weighted by Gasteiger charge is -2.34. The minimum atomic E-state index is -1.12. The average Bonchev–Trinajstić information content (AvgIpc) is 2.83. The fourth-order valence-electron chi connectivity index (χ4n) is 4.32. The number of nitrogens with two attached hydrogens (primary N) is 1. The van der Waals surface area contributed by atoms with Gasteiger partial charge in [0, 0.05) is 19.5 Å². The van der Waals surface area contributed by atoms with Crippen molar-refractivity contribution in [3.05, 3.63) is 70.8 Å². The van der Waals surface area contributed by atoms with Crippen LogP contribution in [0.5, 0.6) is 0 Å². The predicted molar refractivity (Wildman–Crippen MR) is 151 cm³/mol. The highest BCUT2D eigenvalue weighted by Gasteiger charge is 2.36. The summed E-state index contributed by atoms with van der Waals surface area (Å²) in [5.74, 6) is -1.45. The summed E-state index contributed by atoms with van der Waals surface area (Å²) in [6.07, 6.45) is -0.383. The highest BCUT2D eigenvalue weighted by molar-refractivity contribution is 5.92. The van der Waals surface area contributed by atoms with Crippen molar-refractivity contribution >= 4 is 23.8 Å². The number of carbonyl (C=O) groups is 4. The van der Waals surface area contributed by atoms with Crippen LogP contribution in [0, 0.1) is 13.8 Å². The molecule has 2 unspecified atom stereocenters. The molecule has 2 rings (SSSR count). The van der Waals surface area contributed by atoms with Crippen LogP contribution in [0.25, 0.3) is 0 Å². The first kappa shape index (κ1) is 31.3. The van der Waals surface area contributed by atoms with E-state index < -0.39 is 35.6 Å². The summed E-state index contributed by atoms with van der Waals surface area (Å²) in [6.45, 7) is 11.4. The molecule has 2 atom stereocenters. The molecule has 9 nitrogen and oxygen atoms in total. The smallest absolute Gasteiger partial charge is 0.408 e. The van der Waals surface area contributed by atoms with E-state index in [1.165, 1.54) is 4.90 Å². The minimum absolute atomic E-state index is 0.0289. The number of primary amides is 1. The monoisotopic (exact) mass is 538 g/mol. The van der Waals surface area contributed by atoms with Gasteiger partial charge < -0.3 is 26.0 Å². The van der Waals surface area contributed by atoms with Crippen molar-refractivity contribution < 1.29 is 23.9 Å². The van der Waals surface area contributed by atoms with Crippen molar-refractivity contribution in [3.8, 4) is 0 Å². The van der Waals surface area contributed by atoms with Crippen LogP contribution in [0.1, 0.15) is 75.3 Å². The molecule has 0 bridgehead atoms. The maximum absolute atomic E-state index is 14.0. The van der Waals surface area contributed by atoms with Gasteiger partial charge in [-0.1, -0.05) is 66.6 Å². The molecule has 39 heavy (non-hydrogen) atoms. The number of ether oxygens (including phenoxy) is 1. The zero-order chi connectivity index (χ0) is 29.2. The second-order valence-electron chi connectivity index (χ2n) is 10.8. The lowest BCUT2D eigenvalue weighted by molar-refractivity contribution is -0.142. The van der Waals surface area contributed by atoms with E-state index >= 15 is 0 Å². The van der Waals surface area contributed by atoms with E-state index in [4.69, 9.17) is 10.5 Å². The number of amides is 4. The molecular weight excluding hydrogens is 496 g/mol. The number of hydrogen-bond acceptors (Lipinski definition) is 5. The molecule has 212 valence electrons. The van der Waals surface area contributed by atoms with Crippen LogP contribution in [-0.2, 0) is 25.7 Å². The van der Waals surface area contributed by atoms with Crippen molar-refractivity contribution in [1.82, 2.24) is 15.5 Å². The van der Waals surface area contributed by atoms with E-state index in [1.807, 2.05) is 69.3 Å². The third kappa shape index (κ3) is 10.4. The van der Waals surface area contributed by atoms with Gasteiger partial charge in [0.2, 0.25) is 17.7 Å². The summed E-state index contributed by atoms with van der Waals surface area (Å²) >= 11 is 0. The van der Waals surface area contributed by atoms with Gasteiger partial charge in [-0.05, 0) is 58.6 Å². The number of nitrogens with one attached hydrogen (secondary N) is 2. The first-order valence-corrected chi connectivity index (χ1v) is 13.3. The number of rotatable bonds is 12. The number of alkyl carbamates (subject to hydrolysis) is 1. The Labute approximate surface area is 231 Å². The van der Waals surface area contributed by atoms with E-state index in [2.05, 4.69) is 10.6 Å². The summed E-state index contributed by atoms with van der Waals surface area (Å²) < 4.78 is 5.36. The standard InChI is InChI=1S/C30H42N4O5/c1-7-15-34(28(37)24(13-14-25(31)35)33-29(38)39-30(4,5)6)26(23-17-20(2)16-21(3)18-23)27(36)32-19-22-11-9-8-10-12-22/h8-12,16-18,24,26H,7,13-15,19H2,1-6H3,(H2,31,35)(H,32,36)(H,33,38). The van der Waals surface area contributed by atoms with Crippen LogP contribution >= 0.6 is 0 Å². The summed E-state index contributed by atoms with van der Waals surface area (Å²) in [7, 11) is 0. The molecule has 0 fully saturated rings. The van der Waals surface area contributed by atoms with Crippen LogP contribution in [0.3, 0.4) is 0 Å². The number of nitrogens with zero attached hydrogens (tertiary/aromatic N) is 1.